The molecular weight excluding hydrogens is 208 g/mol. The molecule has 0 aliphatic rings. The normalized spacial score (nSPS) is 13.7. The van der Waals surface area contributed by atoms with E-state index in [2.05, 4.69) is 11.9 Å². The number of hydrogen-bond donors (Lipinski definition) is 2. The number of nitrogens with two attached hydrogens (primary N) is 1. The van der Waals surface area contributed by atoms with Gasteiger partial charge in [-0.2, -0.15) is 0 Å². The standard InChI is InChI=1S/C11H20N2O3/c1-4-6-8(10(14)13-3)7-9(12)11(15)16-5-2/h4,8-9H,1,5-7,12H2,2-3H3,(H,13,14)/t8?,9-/m0/s1. The van der Waals surface area contributed by atoms with Crippen molar-refractivity contribution in [1.82, 2.24) is 5.32 Å². The van der Waals surface area contributed by atoms with Gasteiger partial charge in [-0.25, -0.2) is 0 Å². The molecule has 0 radical (unpaired) electrons. The van der Waals surface area contributed by atoms with Crippen molar-refractivity contribution in [3.63, 3.8) is 0 Å². The van der Waals surface area contributed by atoms with Crippen LogP contribution in [0.5, 0.6) is 0 Å². The van der Waals surface area contributed by atoms with E-state index in [1.807, 2.05) is 0 Å². The van der Waals surface area contributed by atoms with Crippen molar-refractivity contribution in [2.24, 2.45) is 11.7 Å². The minimum Gasteiger partial charge on any atom is -0.465 e. The molecule has 5 heteroatoms. The van der Waals surface area contributed by atoms with Crippen molar-refractivity contribution in [2.75, 3.05) is 13.7 Å². The first-order chi connectivity index (χ1) is 7.56. The first-order valence-corrected chi connectivity index (χ1v) is 5.31. The molecule has 0 fully saturated rings. The molecule has 0 spiro atoms. The lowest BCUT2D eigenvalue weighted by molar-refractivity contribution is -0.145. The number of nitrogens with one attached hydrogen (secondary N) is 1. The van der Waals surface area contributed by atoms with Gasteiger partial charge in [0.25, 0.3) is 0 Å². The van der Waals surface area contributed by atoms with Crippen molar-refractivity contribution >= 4 is 11.9 Å². The van der Waals surface area contributed by atoms with Gasteiger partial charge in [-0.15, -0.1) is 6.58 Å². The molecule has 2 atom stereocenters. The van der Waals surface area contributed by atoms with Crippen LogP contribution in [0.4, 0.5) is 0 Å². The van der Waals surface area contributed by atoms with Gasteiger partial charge in [0, 0.05) is 13.0 Å². The van der Waals surface area contributed by atoms with Crippen molar-refractivity contribution in [2.45, 2.75) is 25.8 Å². The number of ether oxygens (including phenoxy) is 1. The number of carbonyl (C=O) groups is 2. The van der Waals surface area contributed by atoms with Crippen LogP contribution in [-0.2, 0) is 14.3 Å². The fraction of sp³-hybridized carbons (Fsp3) is 0.636. The topological polar surface area (TPSA) is 81.4 Å². The van der Waals surface area contributed by atoms with Crippen LogP contribution in [0.2, 0.25) is 0 Å². The minimum atomic E-state index is -0.762. The second-order valence-electron chi connectivity index (χ2n) is 3.43. The fourth-order valence-electron chi connectivity index (χ4n) is 1.37. The van der Waals surface area contributed by atoms with E-state index in [1.54, 1.807) is 20.0 Å². The summed E-state index contributed by atoms with van der Waals surface area (Å²) in [7, 11) is 1.55. The number of carbonyl (C=O) groups excluding carboxylic acids is 2. The highest BCUT2D eigenvalue weighted by Gasteiger charge is 2.23. The average Bonchev–Trinajstić information content (AvgIpc) is 2.27. The molecule has 0 aromatic carbocycles. The Kier molecular flexibility index (Phi) is 7.20. The molecule has 0 heterocycles. The van der Waals surface area contributed by atoms with Crippen LogP contribution in [0.15, 0.2) is 12.7 Å². The first kappa shape index (κ1) is 14.6. The second kappa shape index (κ2) is 7.87. The summed E-state index contributed by atoms with van der Waals surface area (Å²) in [6, 6.07) is -0.762. The maximum atomic E-state index is 11.5. The van der Waals surface area contributed by atoms with E-state index >= 15 is 0 Å². The summed E-state index contributed by atoms with van der Waals surface area (Å²) in [5.74, 6) is -0.943. The van der Waals surface area contributed by atoms with Gasteiger partial charge in [0.1, 0.15) is 6.04 Å². The Bertz CT molecular complexity index is 254. The van der Waals surface area contributed by atoms with Crippen molar-refractivity contribution < 1.29 is 14.3 Å². The molecule has 92 valence electrons. The lowest BCUT2D eigenvalue weighted by Crippen LogP contribution is -2.38. The van der Waals surface area contributed by atoms with E-state index in [1.165, 1.54) is 0 Å². The molecule has 5 nitrogen and oxygen atoms in total. The van der Waals surface area contributed by atoms with Crippen LogP contribution in [0.25, 0.3) is 0 Å². The Labute approximate surface area is 96.0 Å². The third-order valence-corrected chi connectivity index (χ3v) is 2.20. The van der Waals surface area contributed by atoms with E-state index in [0.717, 1.165) is 0 Å². The highest BCUT2D eigenvalue weighted by Crippen LogP contribution is 2.12. The summed E-state index contributed by atoms with van der Waals surface area (Å²) in [4.78, 5) is 22.7. The molecule has 0 aromatic heterocycles. The van der Waals surface area contributed by atoms with E-state index in [0.29, 0.717) is 13.0 Å². The predicted molar refractivity (Wildman–Crippen MR) is 61.6 cm³/mol. The molecular formula is C11H20N2O3. The van der Waals surface area contributed by atoms with E-state index < -0.39 is 12.0 Å². The smallest absolute Gasteiger partial charge is 0.322 e. The molecule has 0 saturated carbocycles. The van der Waals surface area contributed by atoms with Gasteiger partial charge in [-0.3, -0.25) is 9.59 Å². The Balaban J connectivity index is 4.32. The molecule has 0 saturated heterocycles. The Morgan fingerprint density at radius 2 is 2.19 bits per heavy atom. The SMILES string of the molecule is C=CCC(C[C@H](N)C(=O)OCC)C(=O)NC. The fourth-order valence-corrected chi connectivity index (χ4v) is 1.37. The van der Waals surface area contributed by atoms with Crippen molar-refractivity contribution in [1.29, 1.82) is 0 Å². The highest BCUT2D eigenvalue weighted by molar-refractivity contribution is 5.81. The van der Waals surface area contributed by atoms with Crippen LogP contribution < -0.4 is 11.1 Å². The molecule has 1 amide bonds. The van der Waals surface area contributed by atoms with E-state index in [4.69, 9.17) is 10.5 Å². The molecule has 16 heavy (non-hydrogen) atoms. The van der Waals surface area contributed by atoms with Gasteiger partial charge in [-0.05, 0) is 19.8 Å². The van der Waals surface area contributed by atoms with Crippen LogP contribution in [0.3, 0.4) is 0 Å². The van der Waals surface area contributed by atoms with Crippen LogP contribution in [0.1, 0.15) is 19.8 Å². The third-order valence-electron chi connectivity index (χ3n) is 2.20. The van der Waals surface area contributed by atoms with Gasteiger partial charge < -0.3 is 15.8 Å². The molecule has 0 aliphatic carbocycles. The van der Waals surface area contributed by atoms with Crippen LogP contribution >= 0.6 is 0 Å². The Hall–Kier alpha value is -1.36. The molecule has 0 aliphatic heterocycles. The van der Waals surface area contributed by atoms with Crippen molar-refractivity contribution in [3.8, 4) is 0 Å². The number of esters is 1. The largest absolute Gasteiger partial charge is 0.465 e. The van der Waals surface area contributed by atoms with Crippen LogP contribution in [-0.4, -0.2) is 31.6 Å². The van der Waals surface area contributed by atoms with E-state index in [9.17, 15) is 9.59 Å². The quantitative estimate of drug-likeness (QED) is 0.482. The van der Waals surface area contributed by atoms with Gasteiger partial charge in [0.05, 0.1) is 6.61 Å². The number of allylic oxidation sites excluding steroid dienone is 1. The molecule has 1 unspecified atom stereocenters. The van der Waals surface area contributed by atoms with Crippen LogP contribution in [0, 0.1) is 5.92 Å². The zero-order valence-corrected chi connectivity index (χ0v) is 9.86. The summed E-state index contributed by atoms with van der Waals surface area (Å²) in [6.45, 7) is 5.57. The molecule has 3 N–H and O–H groups in total. The maximum Gasteiger partial charge on any atom is 0.322 e. The summed E-state index contributed by atoms with van der Waals surface area (Å²) in [5.41, 5.74) is 5.64. The summed E-state index contributed by atoms with van der Waals surface area (Å²) < 4.78 is 4.77. The van der Waals surface area contributed by atoms with E-state index in [-0.39, 0.29) is 18.2 Å². The van der Waals surface area contributed by atoms with Gasteiger partial charge >= 0.3 is 5.97 Å². The maximum absolute atomic E-state index is 11.5. The Morgan fingerprint density at radius 3 is 2.62 bits per heavy atom. The Morgan fingerprint density at radius 1 is 1.56 bits per heavy atom. The lowest BCUT2D eigenvalue weighted by Gasteiger charge is -2.17. The number of hydrogen-bond acceptors (Lipinski definition) is 4. The molecule has 0 rings (SSSR count). The monoisotopic (exact) mass is 228 g/mol. The highest BCUT2D eigenvalue weighted by atomic mass is 16.5. The second-order valence-corrected chi connectivity index (χ2v) is 3.43. The average molecular weight is 228 g/mol. The molecule has 0 bridgehead atoms. The zero-order chi connectivity index (χ0) is 12.6. The third kappa shape index (κ3) is 4.93. The zero-order valence-electron chi connectivity index (χ0n) is 9.86. The van der Waals surface area contributed by atoms with Crippen molar-refractivity contribution in [3.05, 3.63) is 12.7 Å². The number of rotatable bonds is 7. The first-order valence-electron chi connectivity index (χ1n) is 5.31. The minimum absolute atomic E-state index is 0.139. The summed E-state index contributed by atoms with van der Waals surface area (Å²) in [6.07, 6.45) is 2.40. The van der Waals surface area contributed by atoms with Gasteiger partial charge in [0.2, 0.25) is 5.91 Å². The lowest BCUT2D eigenvalue weighted by atomic mass is 9.96. The summed E-state index contributed by atoms with van der Waals surface area (Å²) >= 11 is 0. The summed E-state index contributed by atoms with van der Waals surface area (Å²) in [5, 5.41) is 2.53. The molecule has 0 aromatic rings. The van der Waals surface area contributed by atoms with Gasteiger partial charge in [0.15, 0.2) is 0 Å². The van der Waals surface area contributed by atoms with Gasteiger partial charge in [-0.1, -0.05) is 6.08 Å². The number of amides is 1. The predicted octanol–water partition coefficient (Wildman–Crippen LogP) is 0.205.